The van der Waals surface area contributed by atoms with Crippen LogP contribution in [0.1, 0.15) is 36.1 Å². The Morgan fingerprint density at radius 1 is 1.14 bits per heavy atom. The maximum atomic E-state index is 13.1. The first kappa shape index (κ1) is 23.4. The molecule has 1 aromatic heterocycles. The highest BCUT2D eigenvalue weighted by atomic mass is 127. The van der Waals surface area contributed by atoms with Crippen LogP contribution in [0.5, 0.6) is 0 Å². The van der Waals surface area contributed by atoms with Crippen LogP contribution in [0.2, 0.25) is 0 Å². The molecule has 0 spiro atoms. The third kappa shape index (κ3) is 6.07. The fraction of sp³-hybridized carbons (Fsp3) is 0.429. The molecule has 1 aliphatic rings. The largest absolute Gasteiger partial charge is 0.416 e. The summed E-state index contributed by atoms with van der Waals surface area (Å²) in [4.78, 5) is 8.51. The molecule has 0 radical (unpaired) electrons. The summed E-state index contributed by atoms with van der Waals surface area (Å²) in [5, 5.41) is 6.54. The summed E-state index contributed by atoms with van der Waals surface area (Å²) in [6.45, 7) is 1.23. The number of nitrogens with zero attached hydrogens (tertiary/aromatic N) is 2. The van der Waals surface area contributed by atoms with E-state index in [1.807, 2.05) is 18.2 Å². The van der Waals surface area contributed by atoms with Gasteiger partial charge in [0, 0.05) is 43.9 Å². The number of nitrogens with one attached hydrogen (secondary N) is 2. The molecule has 4 nitrogen and oxygen atoms in total. The van der Waals surface area contributed by atoms with E-state index in [-0.39, 0.29) is 29.4 Å². The topological polar surface area (TPSA) is 49.3 Å². The number of hydrogen-bond acceptors (Lipinski definition) is 2. The Kier molecular flexibility index (Phi) is 8.30. The normalized spacial score (nSPS) is 15.8. The Bertz CT molecular complexity index is 805. The number of hydrogen-bond donors (Lipinski definition) is 2. The van der Waals surface area contributed by atoms with Crippen molar-refractivity contribution in [2.45, 2.75) is 37.3 Å². The van der Waals surface area contributed by atoms with E-state index in [1.54, 1.807) is 19.3 Å². The van der Waals surface area contributed by atoms with Crippen molar-refractivity contribution in [1.82, 2.24) is 15.6 Å². The van der Waals surface area contributed by atoms with Crippen molar-refractivity contribution in [1.29, 1.82) is 0 Å². The van der Waals surface area contributed by atoms with Crippen molar-refractivity contribution in [3.05, 3.63) is 65.5 Å². The molecule has 1 heterocycles. The second kappa shape index (κ2) is 10.3. The quantitative estimate of drug-likeness (QED) is 0.335. The molecule has 0 atom stereocenters. The Morgan fingerprint density at radius 2 is 1.93 bits per heavy atom. The molecule has 158 valence electrons. The highest BCUT2D eigenvalue weighted by Crippen LogP contribution is 2.44. The third-order valence-electron chi connectivity index (χ3n) is 5.33. The van der Waals surface area contributed by atoms with Gasteiger partial charge in [-0.3, -0.25) is 9.98 Å². The fourth-order valence-corrected chi connectivity index (χ4v) is 3.52. The van der Waals surface area contributed by atoms with Crippen LogP contribution in [0.25, 0.3) is 0 Å². The van der Waals surface area contributed by atoms with Crippen molar-refractivity contribution < 1.29 is 13.2 Å². The SMILES string of the molecule is CN=C(NCCc1ccccn1)NCC1(c2cccc(C(F)(F)F)c2)CCC1.I. The summed E-state index contributed by atoms with van der Waals surface area (Å²) in [6, 6.07) is 11.5. The molecule has 1 saturated carbocycles. The van der Waals surface area contributed by atoms with Gasteiger partial charge in [0.05, 0.1) is 5.56 Å². The lowest BCUT2D eigenvalue weighted by Crippen LogP contribution is -2.49. The zero-order chi connectivity index (χ0) is 20.0. The number of benzene rings is 1. The highest BCUT2D eigenvalue weighted by molar-refractivity contribution is 14.0. The Morgan fingerprint density at radius 3 is 2.52 bits per heavy atom. The predicted octanol–water partition coefficient (Wildman–Crippen LogP) is 4.55. The summed E-state index contributed by atoms with van der Waals surface area (Å²) >= 11 is 0. The van der Waals surface area contributed by atoms with Gasteiger partial charge in [0.25, 0.3) is 0 Å². The number of aliphatic imine (C=N–C) groups is 1. The summed E-state index contributed by atoms with van der Waals surface area (Å²) in [5.41, 5.74) is 0.865. The van der Waals surface area contributed by atoms with Gasteiger partial charge in [-0.25, -0.2) is 0 Å². The molecular weight excluding hydrogens is 492 g/mol. The molecule has 0 amide bonds. The monoisotopic (exact) mass is 518 g/mol. The average Bonchev–Trinajstić information content (AvgIpc) is 2.66. The fourth-order valence-electron chi connectivity index (χ4n) is 3.52. The van der Waals surface area contributed by atoms with Crippen LogP contribution in [-0.4, -0.2) is 31.1 Å². The molecule has 1 aromatic carbocycles. The van der Waals surface area contributed by atoms with E-state index in [0.717, 1.165) is 43.0 Å². The minimum absolute atomic E-state index is 0. The van der Waals surface area contributed by atoms with Crippen LogP contribution in [0.15, 0.2) is 53.7 Å². The van der Waals surface area contributed by atoms with Crippen LogP contribution in [0.4, 0.5) is 13.2 Å². The molecular formula is C21H26F3IN4. The van der Waals surface area contributed by atoms with Crippen LogP contribution in [-0.2, 0) is 18.0 Å². The zero-order valence-electron chi connectivity index (χ0n) is 16.3. The highest BCUT2D eigenvalue weighted by Gasteiger charge is 2.40. The van der Waals surface area contributed by atoms with Crippen molar-refractivity contribution in [2.24, 2.45) is 4.99 Å². The lowest BCUT2D eigenvalue weighted by molar-refractivity contribution is -0.137. The van der Waals surface area contributed by atoms with Gasteiger partial charge in [-0.1, -0.05) is 30.7 Å². The summed E-state index contributed by atoms with van der Waals surface area (Å²) in [6.07, 6.45) is 0.956. The summed E-state index contributed by atoms with van der Waals surface area (Å²) in [5.74, 6) is 0.647. The van der Waals surface area contributed by atoms with Crippen molar-refractivity contribution in [3.8, 4) is 0 Å². The minimum Gasteiger partial charge on any atom is -0.356 e. The second-order valence-corrected chi connectivity index (χ2v) is 7.14. The van der Waals surface area contributed by atoms with E-state index in [1.165, 1.54) is 12.1 Å². The van der Waals surface area contributed by atoms with Crippen LogP contribution in [0, 0.1) is 0 Å². The Balaban J connectivity index is 0.00000300. The predicted molar refractivity (Wildman–Crippen MR) is 120 cm³/mol. The third-order valence-corrected chi connectivity index (χ3v) is 5.33. The Labute approximate surface area is 186 Å². The molecule has 0 saturated heterocycles. The summed E-state index contributed by atoms with van der Waals surface area (Å²) in [7, 11) is 1.69. The van der Waals surface area contributed by atoms with Crippen LogP contribution >= 0.6 is 24.0 Å². The number of halogens is 4. The molecule has 1 fully saturated rings. The van der Waals surface area contributed by atoms with Crippen LogP contribution < -0.4 is 10.6 Å². The molecule has 8 heteroatoms. The zero-order valence-corrected chi connectivity index (χ0v) is 18.6. The van der Waals surface area contributed by atoms with Crippen molar-refractivity contribution in [3.63, 3.8) is 0 Å². The molecule has 1 aliphatic carbocycles. The first-order chi connectivity index (χ1) is 13.4. The van der Waals surface area contributed by atoms with E-state index in [9.17, 15) is 13.2 Å². The van der Waals surface area contributed by atoms with Gasteiger partial charge in [-0.2, -0.15) is 13.2 Å². The Hall–Kier alpha value is -1.84. The number of aromatic nitrogens is 1. The summed E-state index contributed by atoms with van der Waals surface area (Å²) < 4.78 is 39.2. The van der Waals surface area contributed by atoms with Gasteiger partial charge in [0.1, 0.15) is 0 Å². The number of alkyl halides is 3. The van der Waals surface area contributed by atoms with Gasteiger partial charge in [-0.15, -0.1) is 24.0 Å². The van der Waals surface area contributed by atoms with Gasteiger partial charge in [0.2, 0.25) is 0 Å². The smallest absolute Gasteiger partial charge is 0.356 e. The molecule has 2 N–H and O–H groups in total. The van der Waals surface area contributed by atoms with E-state index in [4.69, 9.17) is 0 Å². The van der Waals surface area contributed by atoms with E-state index in [0.29, 0.717) is 19.0 Å². The minimum atomic E-state index is -4.32. The molecule has 0 unspecified atom stereocenters. The molecule has 0 aliphatic heterocycles. The number of rotatable bonds is 6. The van der Waals surface area contributed by atoms with E-state index in [2.05, 4.69) is 20.6 Å². The first-order valence-corrected chi connectivity index (χ1v) is 9.45. The van der Waals surface area contributed by atoms with Gasteiger partial charge in [-0.05, 0) is 36.6 Å². The van der Waals surface area contributed by atoms with E-state index >= 15 is 0 Å². The molecule has 2 aromatic rings. The average molecular weight is 518 g/mol. The standard InChI is InChI=1S/C21H25F3N4.HI/c1-25-19(27-13-9-18-8-2-3-12-26-18)28-15-20(10-5-11-20)16-6-4-7-17(14-16)21(22,23)24;/h2-4,6-8,12,14H,5,9-11,13,15H2,1H3,(H2,25,27,28);1H. The van der Waals surface area contributed by atoms with Gasteiger partial charge < -0.3 is 10.6 Å². The van der Waals surface area contributed by atoms with E-state index < -0.39 is 11.7 Å². The lowest BCUT2D eigenvalue weighted by atomic mass is 9.64. The first-order valence-electron chi connectivity index (χ1n) is 9.45. The number of pyridine rings is 1. The lowest BCUT2D eigenvalue weighted by Gasteiger charge is -2.43. The maximum absolute atomic E-state index is 13.1. The second-order valence-electron chi connectivity index (χ2n) is 7.14. The molecule has 3 rings (SSSR count). The molecule has 0 bridgehead atoms. The van der Waals surface area contributed by atoms with Crippen molar-refractivity contribution in [2.75, 3.05) is 20.1 Å². The van der Waals surface area contributed by atoms with Crippen molar-refractivity contribution >= 4 is 29.9 Å². The maximum Gasteiger partial charge on any atom is 0.416 e. The molecule has 29 heavy (non-hydrogen) atoms. The van der Waals surface area contributed by atoms with Gasteiger partial charge >= 0.3 is 6.18 Å². The van der Waals surface area contributed by atoms with Crippen LogP contribution in [0.3, 0.4) is 0 Å². The van der Waals surface area contributed by atoms with Gasteiger partial charge in [0.15, 0.2) is 5.96 Å². The number of guanidine groups is 1.